The van der Waals surface area contributed by atoms with Crippen LogP contribution in [0.1, 0.15) is 71.3 Å². The molecule has 2 heterocycles. The van der Waals surface area contributed by atoms with Crippen LogP contribution in [0.3, 0.4) is 0 Å². The quantitative estimate of drug-likeness (QED) is 0.0130. The summed E-state index contributed by atoms with van der Waals surface area (Å²) in [6.07, 6.45) is 0.835. The molecule has 2 aliphatic rings. The van der Waals surface area contributed by atoms with E-state index in [-0.39, 0.29) is 98.4 Å². The monoisotopic (exact) mass is 1170 g/mol. The van der Waals surface area contributed by atoms with Gasteiger partial charge in [0.2, 0.25) is 47.3 Å². The molecule has 10 amide bonds. The van der Waals surface area contributed by atoms with E-state index < -0.39 is 140 Å². The van der Waals surface area contributed by atoms with E-state index in [0.29, 0.717) is 29.0 Å². The minimum absolute atomic E-state index is 0.0114. The van der Waals surface area contributed by atoms with Crippen molar-refractivity contribution in [1.29, 1.82) is 0 Å². The number of rotatable bonds is 40. The molecule has 31 heteroatoms. The van der Waals surface area contributed by atoms with Crippen molar-refractivity contribution < 1.29 is 95.9 Å². The average Bonchev–Trinajstić information content (AvgIpc) is 3.98. The summed E-state index contributed by atoms with van der Waals surface area (Å²) in [7, 11) is -4.46. The summed E-state index contributed by atoms with van der Waals surface area (Å²) in [5, 5.41) is 29.7. The zero-order chi connectivity index (χ0) is 59.9. The smallest absolute Gasteiger partial charge is 0.328 e. The van der Waals surface area contributed by atoms with Crippen LogP contribution < -0.4 is 48.3 Å². The summed E-state index contributed by atoms with van der Waals surface area (Å²) in [6.45, 7) is 5.09. The number of hydrogen-bond donors (Lipinski definition) is 12. The van der Waals surface area contributed by atoms with Gasteiger partial charge in [-0.3, -0.25) is 57.4 Å². The summed E-state index contributed by atoms with van der Waals surface area (Å²) in [4.78, 5) is 161. The molecular formula is C50H77N10O20P. The van der Waals surface area contributed by atoms with Gasteiger partial charge in [0.25, 0.3) is 11.8 Å². The van der Waals surface area contributed by atoms with Crippen molar-refractivity contribution in [3.05, 3.63) is 42.0 Å². The minimum Gasteiger partial charge on any atom is -0.464 e. The highest BCUT2D eigenvalue weighted by molar-refractivity contribution is 7.51. The predicted octanol–water partition coefficient (Wildman–Crippen LogP) is -3.77. The fourth-order valence-corrected chi connectivity index (χ4v) is 8.03. The topological polar surface area (TPSA) is 437 Å². The number of imide groups is 1. The predicted molar refractivity (Wildman–Crippen MR) is 284 cm³/mol. The van der Waals surface area contributed by atoms with Crippen molar-refractivity contribution in [1.82, 2.24) is 42.1 Å². The Morgan fingerprint density at radius 3 is 1.88 bits per heavy atom. The molecule has 81 heavy (non-hydrogen) atoms. The van der Waals surface area contributed by atoms with E-state index in [2.05, 4.69) is 42.5 Å². The second kappa shape index (κ2) is 36.6. The van der Waals surface area contributed by atoms with E-state index in [1.807, 2.05) is 0 Å². The summed E-state index contributed by atoms with van der Waals surface area (Å²) in [5.74, 6) is -8.67. The normalized spacial score (nSPS) is 15.9. The van der Waals surface area contributed by atoms with Crippen LogP contribution in [-0.2, 0) is 87.6 Å². The van der Waals surface area contributed by atoms with Gasteiger partial charge in [0.1, 0.15) is 36.3 Å². The third-order valence-electron chi connectivity index (χ3n) is 12.0. The summed E-state index contributed by atoms with van der Waals surface area (Å²) >= 11 is 0. The van der Waals surface area contributed by atoms with Crippen molar-refractivity contribution in [3.63, 3.8) is 0 Å². The van der Waals surface area contributed by atoms with Crippen molar-refractivity contribution in [2.75, 3.05) is 90.6 Å². The van der Waals surface area contributed by atoms with Gasteiger partial charge in [0.15, 0.2) is 0 Å². The molecule has 0 unspecified atom stereocenters. The van der Waals surface area contributed by atoms with Crippen molar-refractivity contribution in [2.45, 2.75) is 109 Å². The number of aliphatic hydroxyl groups excluding tert-OH is 1. The van der Waals surface area contributed by atoms with Crippen LogP contribution in [0.4, 0.5) is 5.69 Å². The molecule has 0 radical (unpaired) electrons. The van der Waals surface area contributed by atoms with Crippen LogP contribution in [0, 0.1) is 5.92 Å². The Labute approximate surface area is 467 Å². The third-order valence-corrected chi connectivity index (χ3v) is 12.8. The fourth-order valence-electron chi connectivity index (χ4n) is 7.53. The molecule has 2 aliphatic heterocycles. The Kier molecular flexibility index (Phi) is 30.9. The maximum absolute atomic E-state index is 13.9. The highest BCUT2D eigenvalue weighted by Crippen LogP contribution is 2.34. The zero-order valence-corrected chi connectivity index (χ0v) is 46.5. The Morgan fingerprint density at radius 2 is 1.31 bits per heavy atom. The Hall–Kier alpha value is -6.76. The second-order valence-electron chi connectivity index (χ2n) is 18.9. The lowest BCUT2D eigenvalue weighted by molar-refractivity contribution is -0.145. The number of nitrogens with zero attached hydrogens (tertiary/aromatic N) is 1. The lowest BCUT2D eigenvalue weighted by Gasteiger charge is -2.27. The summed E-state index contributed by atoms with van der Waals surface area (Å²) in [5.41, 5.74) is 6.77. The zero-order valence-electron chi connectivity index (χ0n) is 45.6. The Balaban J connectivity index is 1.43. The van der Waals surface area contributed by atoms with Gasteiger partial charge in [-0.2, -0.15) is 0 Å². The van der Waals surface area contributed by atoms with E-state index in [1.165, 1.54) is 6.92 Å². The SMILES string of the molecule is CC(C)[C@H](NC(=O)[C@H](CCCCN)NC(=O)[C@H](CC(=O)N[C@H]1CCOC1=O)NC(=O)CCOCCOCCOCCOCCNC(=O)[C@H](CNC(=O)CCP(=O)(O)O)N1C(=O)C=CC1=O)C(=O)N[C@@H](C)C(=O)Nc1ccc(CO)cc1. The molecule has 0 saturated carbocycles. The first-order chi connectivity index (χ1) is 38.5. The van der Waals surface area contributed by atoms with Gasteiger partial charge < -0.3 is 86.8 Å². The Morgan fingerprint density at radius 1 is 0.704 bits per heavy atom. The average molecular weight is 1170 g/mol. The number of benzene rings is 1. The number of amides is 10. The fraction of sp³-hybridized carbons (Fsp3) is 0.620. The molecule has 30 nitrogen and oxygen atoms in total. The first-order valence-corrected chi connectivity index (χ1v) is 28.2. The van der Waals surface area contributed by atoms with Crippen molar-refractivity contribution in [2.24, 2.45) is 11.7 Å². The highest BCUT2D eigenvalue weighted by atomic mass is 31.2. The van der Waals surface area contributed by atoms with E-state index in [4.69, 9.17) is 39.2 Å². The summed E-state index contributed by atoms with van der Waals surface area (Å²) in [6, 6.07) is -1.01. The standard InChI is InChI=1S/C50H77N10O20P/c1-31(2)44(49(71)54-32(3)45(67)55-34-9-7-33(30-61)8-10-34)59-46(68)35(6-4-5-16-51)58-47(69)37(28-41(64)56-36-13-19-80-50(36)72)57-40(63)14-18-76-21-23-78-25-26-79-24-22-77-20-17-52-48(70)38(60-42(65)11-12-43(60)66)29-53-39(62)15-27-81(73,74)75/h7-12,31-32,35-38,44,61H,4-6,13-30,51H2,1-3H3,(H,52,70)(H,53,62)(H,54,71)(H,55,67)(H,56,64)(H,57,63)(H,58,69)(H,59,68)(H2,73,74,75)/t32-,35-,36-,37-,38-,44-/m0/s1. The molecule has 3 rings (SSSR count). The van der Waals surface area contributed by atoms with Crippen LogP contribution in [0.25, 0.3) is 0 Å². The van der Waals surface area contributed by atoms with Gasteiger partial charge in [-0.1, -0.05) is 26.0 Å². The van der Waals surface area contributed by atoms with E-state index in [0.717, 1.165) is 12.2 Å². The van der Waals surface area contributed by atoms with Gasteiger partial charge in [-0.05, 0) is 56.3 Å². The molecule has 1 fully saturated rings. The molecule has 1 aromatic carbocycles. The number of carbonyl (C=O) groups is 11. The van der Waals surface area contributed by atoms with Gasteiger partial charge in [-0.25, -0.2) is 4.79 Å². The number of nitrogens with one attached hydrogen (secondary N) is 8. The van der Waals surface area contributed by atoms with Gasteiger partial charge >= 0.3 is 13.6 Å². The number of aliphatic hydroxyl groups is 1. The van der Waals surface area contributed by atoms with Crippen molar-refractivity contribution in [3.8, 4) is 0 Å². The number of esters is 1. The molecule has 0 bridgehead atoms. The number of anilines is 1. The first kappa shape index (κ1) is 68.5. The van der Waals surface area contributed by atoms with E-state index in [1.54, 1.807) is 38.1 Å². The number of unbranched alkanes of at least 4 members (excludes halogenated alkanes) is 1. The number of nitrogens with two attached hydrogens (primary N) is 1. The first-order valence-electron chi connectivity index (χ1n) is 26.4. The highest BCUT2D eigenvalue weighted by Gasteiger charge is 2.37. The molecule has 0 aromatic heterocycles. The molecule has 1 aromatic rings. The molecule has 13 N–H and O–H groups in total. The minimum atomic E-state index is -4.46. The summed E-state index contributed by atoms with van der Waals surface area (Å²) < 4.78 is 37.9. The largest absolute Gasteiger partial charge is 0.464 e. The van der Waals surface area contributed by atoms with E-state index in [9.17, 15) is 62.4 Å². The lowest BCUT2D eigenvalue weighted by atomic mass is 10.0. The number of carbonyl (C=O) groups excluding carboxylic acids is 11. The number of hydrogen-bond acceptors (Lipinski definition) is 19. The second-order valence-corrected chi connectivity index (χ2v) is 20.7. The molecule has 6 atom stereocenters. The van der Waals surface area contributed by atoms with Crippen LogP contribution in [0.15, 0.2) is 36.4 Å². The van der Waals surface area contributed by atoms with E-state index >= 15 is 0 Å². The van der Waals surface area contributed by atoms with Crippen LogP contribution in [-0.4, -0.2) is 206 Å². The number of cyclic esters (lactones) is 1. The Bertz CT molecular complexity index is 2350. The van der Waals surface area contributed by atoms with Gasteiger partial charge in [-0.15, -0.1) is 0 Å². The maximum Gasteiger partial charge on any atom is 0.328 e. The molecule has 0 spiro atoms. The van der Waals surface area contributed by atoms with Crippen LogP contribution in [0.2, 0.25) is 0 Å². The number of ether oxygens (including phenoxy) is 5. The maximum atomic E-state index is 13.9. The van der Waals surface area contributed by atoms with Gasteiger partial charge in [0.05, 0.1) is 78.7 Å². The molecule has 1 saturated heterocycles. The molecule has 452 valence electrons. The van der Waals surface area contributed by atoms with Crippen molar-refractivity contribution >= 4 is 78.3 Å². The lowest BCUT2D eigenvalue weighted by Crippen LogP contribution is -2.59. The molecule has 0 aliphatic carbocycles. The third kappa shape index (κ3) is 26.6. The molecular weight excluding hydrogens is 1090 g/mol. The van der Waals surface area contributed by atoms with Gasteiger partial charge in [0, 0.05) is 50.2 Å². The van der Waals surface area contributed by atoms with Crippen LogP contribution >= 0.6 is 7.60 Å². The van der Waals surface area contributed by atoms with Crippen LogP contribution in [0.5, 0.6) is 0 Å².